The number of hydrogen-bond donors (Lipinski definition) is 2. The predicted octanol–water partition coefficient (Wildman–Crippen LogP) is 4.53. The van der Waals surface area contributed by atoms with Gasteiger partial charge in [0, 0.05) is 18.0 Å². The van der Waals surface area contributed by atoms with Gasteiger partial charge in [0.15, 0.2) is 0 Å². The Bertz CT molecular complexity index is 772. The van der Waals surface area contributed by atoms with Gasteiger partial charge in [-0.15, -0.1) is 0 Å². The van der Waals surface area contributed by atoms with E-state index in [1.807, 2.05) is 0 Å². The molecule has 0 bridgehead atoms. The highest BCUT2D eigenvalue weighted by Gasteiger charge is 2.33. The number of amides is 1. The molecule has 0 aromatic heterocycles. The normalized spacial score (nSPS) is 12.7. The lowest BCUT2D eigenvalue weighted by atomic mass is 10.1. The zero-order valence-electron chi connectivity index (χ0n) is 14.5. The Kier molecular flexibility index (Phi) is 6.90. The van der Waals surface area contributed by atoms with Gasteiger partial charge >= 0.3 is 6.18 Å². The summed E-state index contributed by atoms with van der Waals surface area (Å²) in [6, 6.07) is 7.91. The predicted molar refractivity (Wildman–Crippen MR) is 92.2 cm³/mol. The van der Waals surface area contributed by atoms with Crippen molar-refractivity contribution in [3.8, 4) is 0 Å². The van der Waals surface area contributed by atoms with E-state index in [2.05, 4.69) is 10.6 Å². The van der Waals surface area contributed by atoms with Gasteiger partial charge in [0.05, 0.1) is 11.3 Å². The van der Waals surface area contributed by atoms with Crippen LogP contribution in [0.1, 0.15) is 24.5 Å². The largest absolute Gasteiger partial charge is 0.418 e. The Hall–Kier alpha value is -2.48. The summed E-state index contributed by atoms with van der Waals surface area (Å²) in [7, 11) is 0. The van der Waals surface area contributed by atoms with Crippen LogP contribution < -0.4 is 10.6 Å². The van der Waals surface area contributed by atoms with Crippen LogP contribution in [-0.2, 0) is 17.4 Å². The van der Waals surface area contributed by atoms with Crippen molar-refractivity contribution in [2.75, 3.05) is 11.9 Å². The van der Waals surface area contributed by atoms with E-state index in [1.54, 1.807) is 6.92 Å². The second kappa shape index (κ2) is 8.94. The van der Waals surface area contributed by atoms with Crippen LogP contribution in [0.5, 0.6) is 0 Å². The number of carbonyl (C=O) groups is 1. The zero-order valence-corrected chi connectivity index (χ0v) is 14.5. The Morgan fingerprint density at radius 1 is 1.04 bits per heavy atom. The number of carbonyl (C=O) groups excluding carboxylic acids is 1. The molecule has 0 fully saturated rings. The summed E-state index contributed by atoms with van der Waals surface area (Å²) in [4.78, 5) is 12.0. The number of anilines is 1. The van der Waals surface area contributed by atoms with E-state index in [4.69, 9.17) is 0 Å². The lowest BCUT2D eigenvalue weighted by molar-refractivity contribution is -0.137. The Morgan fingerprint density at radius 3 is 2.30 bits per heavy atom. The molecule has 27 heavy (non-hydrogen) atoms. The topological polar surface area (TPSA) is 41.1 Å². The standard InChI is InChI=1S/C19H19F5N2O/c1-12(25-10-9-13-15(20)6-4-7-16(13)21)11-18(27)26-17-8-3-2-5-14(17)19(22,23)24/h2-8,12,25H,9-11H2,1H3,(H,26,27). The van der Waals surface area contributed by atoms with Gasteiger partial charge in [-0.05, 0) is 44.2 Å². The lowest BCUT2D eigenvalue weighted by Crippen LogP contribution is -2.32. The first-order valence-electron chi connectivity index (χ1n) is 8.31. The van der Waals surface area contributed by atoms with Crippen LogP contribution in [0.15, 0.2) is 42.5 Å². The fraction of sp³-hybridized carbons (Fsp3) is 0.316. The van der Waals surface area contributed by atoms with Crippen molar-refractivity contribution in [1.29, 1.82) is 0 Å². The Labute approximate surface area is 153 Å². The highest BCUT2D eigenvalue weighted by molar-refractivity contribution is 5.92. The van der Waals surface area contributed by atoms with Crippen LogP contribution in [0.25, 0.3) is 0 Å². The van der Waals surface area contributed by atoms with Crippen molar-refractivity contribution in [3.63, 3.8) is 0 Å². The molecule has 3 nitrogen and oxygen atoms in total. The molecule has 0 saturated carbocycles. The molecule has 2 N–H and O–H groups in total. The maximum Gasteiger partial charge on any atom is 0.418 e. The number of nitrogens with one attached hydrogen (secondary N) is 2. The van der Waals surface area contributed by atoms with E-state index < -0.39 is 35.3 Å². The third-order valence-corrected chi connectivity index (χ3v) is 3.93. The summed E-state index contributed by atoms with van der Waals surface area (Å²) in [6.45, 7) is 1.87. The molecule has 0 spiro atoms. The van der Waals surface area contributed by atoms with Gasteiger partial charge in [0.2, 0.25) is 5.91 Å². The van der Waals surface area contributed by atoms with Crippen LogP contribution in [-0.4, -0.2) is 18.5 Å². The van der Waals surface area contributed by atoms with E-state index in [1.165, 1.54) is 24.3 Å². The molecule has 0 aliphatic heterocycles. The van der Waals surface area contributed by atoms with Crippen LogP contribution in [0.2, 0.25) is 0 Å². The molecule has 2 rings (SSSR count). The van der Waals surface area contributed by atoms with Crippen LogP contribution in [0.4, 0.5) is 27.6 Å². The Balaban J connectivity index is 1.86. The molecule has 0 aliphatic rings. The maximum atomic E-state index is 13.5. The first-order chi connectivity index (χ1) is 12.7. The molecule has 2 aromatic carbocycles. The summed E-state index contributed by atoms with van der Waals surface area (Å²) in [5.74, 6) is -1.89. The quantitative estimate of drug-likeness (QED) is 0.687. The van der Waals surface area contributed by atoms with Gasteiger partial charge in [0.1, 0.15) is 11.6 Å². The van der Waals surface area contributed by atoms with Gasteiger partial charge < -0.3 is 10.6 Å². The van der Waals surface area contributed by atoms with Gasteiger partial charge in [-0.2, -0.15) is 13.2 Å². The summed E-state index contributed by atoms with van der Waals surface area (Å²) in [5.41, 5.74) is -1.29. The third kappa shape index (κ3) is 6.02. The minimum atomic E-state index is -4.57. The average molecular weight is 386 g/mol. The molecule has 0 saturated heterocycles. The number of benzene rings is 2. The monoisotopic (exact) mass is 386 g/mol. The molecule has 1 atom stereocenters. The van der Waals surface area contributed by atoms with Crippen molar-refractivity contribution in [1.82, 2.24) is 5.32 Å². The van der Waals surface area contributed by atoms with Crippen molar-refractivity contribution in [2.24, 2.45) is 0 Å². The first kappa shape index (κ1) is 20.8. The van der Waals surface area contributed by atoms with Gasteiger partial charge in [0.25, 0.3) is 0 Å². The second-order valence-corrected chi connectivity index (χ2v) is 6.10. The summed E-state index contributed by atoms with van der Waals surface area (Å²) in [6.07, 6.45) is -4.58. The van der Waals surface area contributed by atoms with Crippen molar-refractivity contribution in [2.45, 2.75) is 32.0 Å². The molecule has 1 amide bonds. The zero-order chi connectivity index (χ0) is 20.0. The van der Waals surface area contributed by atoms with E-state index >= 15 is 0 Å². The summed E-state index contributed by atoms with van der Waals surface area (Å²) in [5, 5.41) is 5.19. The number of halogens is 5. The Morgan fingerprint density at radius 2 is 1.67 bits per heavy atom. The van der Waals surface area contributed by atoms with Gasteiger partial charge in [-0.3, -0.25) is 4.79 Å². The van der Waals surface area contributed by atoms with E-state index in [0.717, 1.165) is 18.2 Å². The molecule has 0 radical (unpaired) electrons. The van der Waals surface area contributed by atoms with Gasteiger partial charge in [-0.1, -0.05) is 18.2 Å². The molecule has 1 unspecified atom stereocenters. The highest BCUT2D eigenvalue weighted by Crippen LogP contribution is 2.34. The number of hydrogen-bond acceptors (Lipinski definition) is 2. The molecule has 2 aromatic rings. The number of alkyl halides is 3. The van der Waals surface area contributed by atoms with Crippen molar-refractivity contribution < 1.29 is 26.7 Å². The second-order valence-electron chi connectivity index (χ2n) is 6.10. The van der Waals surface area contributed by atoms with E-state index in [9.17, 15) is 26.7 Å². The van der Waals surface area contributed by atoms with Crippen LogP contribution in [0.3, 0.4) is 0 Å². The van der Waals surface area contributed by atoms with Crippen LogP contribution in [0, 0.1) is 11.6 Å². The average Bonchev–Trinajstić information content (AvgIpc) is 2.57. The number of rotatable bonds is 7. The molecule has 8 heteroatoms. The first-order valence-corrected chi connectivity index (χ1v) is 8.31. The SMILES string of the molecule is CC(CC(=O)Nc1ccccc1C(F)(F)F)NCCc1c(F)cccc1F. The fourth-order valence-electron chi connectivity index (χ4n) is 2.61. The smallest absolute Gasteiger partial charge is 0.325 e. The van der Waals surface area contributed by atoms with Crippen molar-refractivity contribution in [3.05, 3.63) is 65.2 Å². The summed E-state index contributed by atoms with van der Waals surface area (Å²) < 4.78 is 65.9. The molecule has 0 aliphatic carbocycles. The molecule has 146 valence electrons. The van der Waals surface area contributed by atoms with E-state index in [-0.39, 0.29) is 30.6 Å². The molecular formula is C19H19F5N2O. The third-order valence-electron chi connectivity index (χ3n) is 3.93. The fourth-order valence-corrected chi connectivity index (χ4v) is 2.61. The maximum absolute atomic E-state index is 13.5. The summed E-state index contributed by atoms with van der Waals surface area (Å²) >= 11 is 0. The minimum absolute atomic E-state index is 0.0549. The molecular weight excluding hydrogens is 367 g/mol. The number of para-hydroxylation sites is 1. The van der Waals surface area contributed by atoms with Gasteiger partial charge in [-0.25, -0.2) is 8.78 Å². The lowest BCUT2D eigenvalue weighted by Gasteiger charge is -2.16. The van der Waals surface area contributed by atoms with Crippen LogP contribution >= 0.6 is 0 Å². The van der Waals surface area contributed by atoms with E-state index in [0.29, 0.717) is 0 Å². The minimum Gasteiger partial charge on any atom is -0.325 e. The van der Waals surface area contributed by atoms with Crippen molar-refractivity contribution >= 4 is 11.6 Å². The highest BCUT2D eigenvalue weighted by atomic mass is 19.4. The molecule has 0 heterocycles.